The summed E-state index contributed by atoms with van der Waals surface area (Å²) in [6, 6.07) is 7.53. The normalized spacial score (nSPS) is 7.38. The van der Waals surface area contributed by atoms with Crippen LogP contribution in [-0.4, -0.2) is 49.7 Å². The van der Waals surface area contributed by atoms with Crippen LogP contribution >= 0.6 is 0 Å². The number of hydrogen-bond acceptors (Lipinski definition) is 6. The zero-order valence-corrected chi connectivity index (χ0v) is 9.33. The first-order valence-electron chi connectivity index (χ1n) is 4.32. The lowest BCUT2D eigenvalue weighted by molar-refractivity contribution is 0.355. The van der Waals surface area contributed by atoms with E-state index in [0.29, 0.717) is 0 Å². The number of ether oxygens (including phenoxy) is 2. The first-order valence-corrected chi connectivity index (χ1v) is 4.32. The first kappa shape index (κ1) is 17.2. The van der Waals surface area contributed by atoms with Crippen molar-refractivity contribution in [3.63, 3.8) is 0 Å². The van der Waals surface area contributed by atoms with E-state index in [-0.39, 0.29) is 0 Å². The van der Waals surface area contributed by atoms with Gasteiger partial charge in [-0.05, 0) is 12.1 Å². The van der Waals surface area contributed by atoms with Gasteiger partial charge in [0.1, 0.15) is 0 Å². The lowest BCUT2D eigenvalue weighted by Crippen LogP contribution is -1.88. The van der Waals surface area contributed by atoms with Crippen molar-refractivity contribution in [3.05, 3.63) is 24.3 Å². The van der Waals surface area contributed by atoms with E-state index in [0.717, 1.165) is 11.5 Å². The second-order valence-electron chi connectivity index (χ2n) is 2.14. The van der Waals surface area contributed by atoms with E-state index in [4.69, 9.17) is 29.6 Å². The molecule has 0 saturated heterocycles. The molecule has 0 spiro atoms. The summed E-state index contributed by atoms with van der Waals surface area (Å²) >= 11 is 0. The first-order chi connectivity index (χ1) is 7.71. The molecule has 1 aromatic carbocycles. The molecule has 0 radical (unpaired) electrons. The van der Waals surface area contributed by atoms with Crippen molar-refractivity contribution >= 4 is 15.4 Å². The molecule has 1 aromatic rings. The molecule has 0 aliphatic rings. The largest absolute Gasteiger partial charge is 0.493 e. The van der Waals surface area contributed by atoms with Crippen LogP contribution in [0, 0.1) is 0 Å². The van der Waals surface area contributed by atoms with Crippen molar-refractivity contribution in [2.24, 2.45) is 0 Å². The minimum Gasteiger partial charge on any atom is -0.493 e. The lowest BCUT2D eigenvalue weighted by Gasteiger charge is -2.04. The SMILES string of the molecule is COc1ccccc1OC.OBO.OBO. The molecule has 0 fully saturated rings. The highest BCUT2D eigenvalue weighted by molar-refractivity contribution is 6.13. The maximum atomic E-state index is 7.12. The summed E-state index contributed by atoms with van der Waals surface area (Å²) in [4.78, 5) is 0. The molecule has 0 aromatic heterocycles. The molecule has 0 amide bonds. The topological polar surface area (TPSA) is 99.4 Å². The highest BCUT2D eigenvalue weighted by atomic mass is 16.5. The summed E-state index contributed by atoms with van der Waals surface area (Å²) in [6.07, 6.45) is 0. The van der Waals surface area contributed by atoms with Crippen LogP contribution in [0.1, 0.15) is 0 Å². The van der Waals surface area contributed by atoms with Crippen LogP contribution in [0.4, 0.5) is 0 Å². The number of hydrogen-bond donors (Lipinski definition) is 4. The highest BCUT2D eigenvalue weighted by Gasteiger charge is 1.97. The highest BCUT2D eigenvalue weighted by Crippen LogP contribution is 2.24. The van der Waals surface area contributed by atoms with Crippen molar-refractivity contribution in [1.82, 2.24) is 0 Å². The predicted molar refractivity (Wildman–Crippen MR) is 62.7 cm³/mol. The number of rotatable bonds is 2. The molecule has 0 atom stereocenters. The molecule has 0 aliphatic heterocycles. The quantitative estimate of drug-likeness (QED) is 0.446. The van der Waals surface area contributed by atoms with Gasteiger partial charge in [-0.1, -0.05) is 12.1 Å². The molecular weight excluding hydrogens is 214 g/mol. The number of methoxy groups -OCH3 is 2. The van der Waals surface area contributed by atoms with E-state index >= 15 is 0 Å². The van der Waals surface area contributed by atoms with Crippen molar-refractivity contribution in [2.75, 3.05) is 14.2 Å². The van der Waals surface area contributed by atoms with Crippen molar-refractivity contribution < 1.29 is 29.6 Å². The van der Waals surface area contributed by atoms with Gasteiger partial charge in [-0.2, -0.15) is 0 Å². The monoisotopic (exact) mass is 230 g/mol. The second kappa shape index (κ2) is 13.8. The summed E-state index contributed by atoms with van der Waals surface area (Å²) in [7, 11) is 1.75. The van der Waals surface area contributed by atoms with Crippen LogP contribution < -0.4 is 9.47 Å². The van der Waals surface area contributed by atoms with E-state index in [1.165, 1.54) is 0 Å². The van der Waals surface area contributed by atoms with E-state index in [1.54, 1.807) is 14.2 Å². The second-order valence-corrected chi connectivity index (χ2v) is 2.14. The zero-order chi connectivity index (χ0) is 12.8. The lowest BCUT2D eigenvalue weighted by atomic mass is 10.3. The molecule has 8 heteroatoms. The van der Waals surface area contributed by atoms with Gasteiger partial charge >= 0.3 is 15.4 Å². The molecule has 1 rings (SSSR count). The maximum Gasteiger partial charge on any atom is 0.432 e. The van der Waals surface area contributed by atoms with Crippen molar-refractivity contribution in [1.29, 1.82) is 0 Å². The van der Waals surface area contributed by atoms with Gasteiger partial charge in [-0.3, -0.25) is 0 Å². The Morgan fingerprint density at radius 2 is 1.06 bits per heavy atom. The van der Waals surface area contributed by atoms with Crippen molar-refractivity contribution in [2.45, 2.75) is 0 Å². The van der Waals surface area contributed by atoms with Gasteiger partial charge in [0.2, 0.25) is 0 Å². The molecule has 0 bridgehead atoms. The molecule has 0 saturated carbocycles. The van der Waals surface area contributed by atoms with Gasteiger partial charge in [-0.25, -0.2) is 0 Å². The Bertz CT molecular complexity index is 223. The van der Waals surface area contributed by atoms with Gasteiger partial charge < -0.3 is 29.6 Å². The standard InChI is InChI=1S/C8H10O2.2BH3O2/c1-9-7-5-3-4-6-8(7)10-2;2*2-1-3/h3-6H,1-2H3;2*1-3H. The Hall–Kier alpha value is -1.21. The Kier molecular flexibility index (Phi) is 14.8. The van der Waals surface area contributed by atoms with Crippen LogP contribution in [0.2, 0.25) is 0 Å². The van der Waals surface area contributed by atoms with Gasteiger partial charge in [0.15, 0.2) is 11.5 Å². The third kappa shape index (κ3) is 9.35. The van der Waals surface area contributed by atoms with Gasteiger partial charge in [0.05, 0.1) is 14.2 Å². The molecule has 4 N–H and O–H groups in total. The van der Waals surface area contributed by atoms with E-state index in [2.05, 4.69) is 0 Å². The Morgan fingerprint density at radius 1 is 0.812 bits per heavy atom. The van der Waals surface area contributed by atoms with Gasteiger partial charge in [-0.15, -0.1) is 0 Å². The zero-order valence-electron chi connectivity index (χ0n) is 9.33. The average molecular weight is 230 g/mol. The average Bonchev–Trinajstić information content (AvgIpc) is 2.31. The third-order valence-electron chi connectivity index (χ3n) is 1.29. The van der Waals surface area contributed by atoms with Crippen molar-refractivity contribution in [3.8, 4) is 11.5 Å². The summed E-state index contributed by atoms with van der Waals surface area (Å²) in [6.45, 7) is 0. The fourth-order valence-electron chi connectivity index (χ4n) is 0.787. The van der Waals surface area contributed by atoms with E-state index in [1.807, 2.05) is 24.3 Å². The summed E-state index contributed by atoms with van der Waals surface area (Å²) in [5, 5.41) is 28.5. The summed E-state index contributed by atoms with van der Waals surface area (Å²) in [5.41, 5.74) is 0. The van der Waals surface area contributed by atoms with Crippen LogP contribution in [0.3, 0.4) is 0 Å². The maximum absolute atomic E-state index is 7.12. The summed E-state index contributed by atoms with van der Waals surface area (Å²) < 4.78 is 10.0. The fraction of sp³-hybridized carbons (Fsp3) is 0.250. The molecule has 6 nitrogen and oxygen atoms in total. The van der Waals surface area contributed by atoms with Crippen LogP contribution in [0.25, 0.3) is 0 Å². The number of para-hydroxylation sites is 2. The van der Waals surface area contributed by atoms with Gasteiger partial charge in [0.25, 0.3) is 0 Å². The van der Waals surface area contributed by atoms with Crippen LogP contribution in [0.15, 0.2) is 24.3 Å². The Morgan fingerprint density at radius 3 is 1.25 bits per heavy atom. The molecule has 0 heterocycles. The van der Waals surface area contributed by atoms with E-state index < -0.39 is 15.4 Å². The predicted octanol–water partition coefficient (Wildman–Crippen LogP) is -1.82. The Labute approximate surface area is 95.7 Å². The fourth-order valence-corrected chi connectivity index (χ4v) is 0.787. The Balaban J connectivity index is 0. The number of benzene rings is 1. The minimum absolute atomic E-state index is 0.750. The molecule has 90 valence electrons. The van der Waals surface area contributed by atoms with Gasteiger partial charge in [0, 0.05) is 0 Å². The molecule has 16 heavy (non-hydrogen) atoms. The summed E-state index contributed by atoms with van der Waals surface area (Å²) in [5.74, 6) is 1.54. The van der Waals surface area contributed by atoms with E-state index in [9.17, 15) is 0 Å². The van der Waals surface area contributed by atoms with Crippen LogP contribution in [-0.2, 0) is 0 Å². The molecule has 0 unspecified atom stereocenters. The molecule has 0 aliphatic carbocycles. The molecular formula is C8H16B2O6. The smallest absolute Gasteiger partial charge is 0.432 e. The van der Waals surface area contributed by atoms with Crippen LogP contribution in [0.5, 0.6) is 11.5 Å². The minimum atomic E-state index is -0.750. The third-order valence-corrected chi connectivity index (χ3v) is 1.29.